The maximum atomic E-state index is 13.2. The lowest BCUT2D eigenvalue weighted by molar-refractivity contribution is -0.138. The lowest BCUT2D eigenvalue weighted by Crippen LogP contribution is -2.50. The third kappa shape index (κ3) is 7.16. The number of hydrogen-bond acceptors (Lipinski definition) is 3. The zero-order valence-electron chi connectivity index (χ0n) is 18.6. The topological polar surface area (TPSA) is 49.4 Å². The van der Waals surface area contributed by atoms with Crippen LogP contribution in [0.2, 0.25) is 10.0 Å². The monoisotopic (exact) mass is 492 g/mol. The average Bonchev–Trinajstić information content (AvgIpc) is 3.27. The standard InChI is InChI=1S/C25H30Cl2N2O2S/c1-17-7-9-19(10-8-17)14-29(18(2)25(31)28-22-5-3-4-6-22)24(30)16-32-15-20-11-12-21(26)13-23(20)27/h7-13,18,22H,3-6,14-16H2,1-2H3,(H,28,31)/t18-/m1/s1. The molecule has 172 valence electrons. The van der Waals surface area contributed by atoms with E-state index < -0.39 is 6.04 Å². The molecule has 1 fully saturated rings. The van der Waals surface area contributed by atoms with E-state index in [9.17, 15) is 9.59 Å². The molecule has 1 saturated carbocycles. The Morgan fingerprint density at radius 3 is 2.47 bits per heavy atom. The summed E-state index contributed by atoms with van der Waals surface area (Å²) < 4.78 is 0. The van der Waals surface area contributed by atoms with Crippen LogP contribution in [0.3, 0.4) is 0 Å². The molecular weight excluding hydrogens is 463 g/mol. The molecule has 0 radical (unpaired) electrons. The van der Waals surface area contributed by atoms with Gasteiger partial charge in [-0.05, 0) is 49.9 Å². The van der Waals surface area contributed by atoms with Gasteiger partial charge in [0.05, 0.1) is 5.75 Å². The molecule has 4 nitrogen and oxygen atoms in total. The van der Waals surface area contributed by atoms with Crippen molar-refractivity contribution < 1.29 is 9.59 Å². The van der Waals surface area contributed by atoms with Crippen molar-refractivity contribution in [3.05, 3.63) is 69.2 Å². The lowest BCUT2D eigenvalue weighted by Gasteiger charge is -2.29. The smallest absolute Gasteiger partial charge is 0.242 e. The summed E-state index contributed by atoms with van der Waals surface area (Å²) in [5.41, 5.74) is 3.11. The first-order chi connectivity index (χ1) is 15.3. The molecule has 7 heteroatoms. The maximum Gasteiger partial charge on any atom is 0.242 e. The molecule has 32 heavy (non-hydrogen) atoms. The Kier molecular flexibility index (Phi) is 9.33. The summed E-state index contributed by atoms with van der Waals surface area (Å²) in [7, 11) is 0. The van der Waals surface area contributed by atoms with Crippen LogP contribution in [0.1, 0.15) is 49.3 Å². The summed E-state index contributed by atoms with van der Waals surface area (Å²) in [5, 5.41) is 4.32. The van der Waals surface area contributed by atoms with Crippen molar-refractivity contribution in [2.45, 2.75) is 63.9 Å². The van der Waals surface area contributed by atoms with E-state index in [4.69, 9.17) is 23.2 Å². The first-order valence-electron chi connectivity index (χ1n) is 11.0. The fraction of sp³-hybridized carbons (Fsp3) is 0.440. The van der Waals surface area contributed by atoms with Crippen LogP contribution in [0.15, 0.2) is 42.5 Å². The molecule has 3 rings (SSSR count). The number of carbonyl (C=O) groups excluding carboxylic acids is 2. The second-order valence-electron chi connectivity index (χ2n) is 8.40. The van der Waals surface area contributed by atoms with Gasteiger partial charge >= 0.3 is 0 Å². The molecule has 2 aromatic carbocycles. The van der Waals surface area contributed by atoms with Crippen LogP contribution < -0.4 is 5.32 Å². The normalized spacial score (nSPS) is 14.9. The quantitative estimate of drug-likeness (QED) is 0.466. The third-order valence-corrected chi connectivity index (χ3v) is 7.39. The van der Waals surface area contributed by atoms with E-state index in [-0.39, 0.29) is 23.6 Å². The molecule has 1 aliphatic rings. The third-order valence-electron chi connectivity index (χ3n) is 5.84. The summed E-state index contributed by atoms with van der Waals surface area (Å²) in [6.45, 7) is 4.25. The summed E-state index contributed by atoms with van der Waals surface area (Å²) >= 11 is 13.7. The average molecular weight is 494 g/mol. The molecule has 0 bridgehead atoms. The van der Waals surface area contributed by atoms with Gasteiger partial charge in [-0.15, -0.1) is 11.8 Å². The molecule has 1 N–H and O–H groups in total. The van der Waals surface area contributed by atoms with E-state index in [0.717, 1.165) is 42.4 Å². The number of hydrogen-bond donors (Lipinski definition) is 1. The van der Waals surface area contributed by atoms with Crippen molar-refractivity contribution in [3.8, 4) is 0 Å². The Morgan fingerprint density at radius 2 is 1.81 bits per heavy atom. The van der Waals surface area contributed by atoms with Crippen molar-refractivity contribution in [3.63, 3.8) is 0 Å². The van der Waals surface area contributed by atoms with E-state index in [1.807, 2.05) is 44.2 Å². The number of nitrogens with one attached hydrogen (secondary N) is 1. The van der Waals surface area contributed by atoms with E-state index >= 15 is 0 Å². The van der Waals surface area contributed by atoms with Gasteiger partial charge < -0.3 is 10.2 Å². The Labute approximate surface area is 205 Å². The van der Waals surface area contributed by atoms with Gasteiger partial charge in [-0.1, -0.05) is 71.9 Å². The summed E-state index contributed by atoms with van der Waals surface area (Å²) in [6.07, 6.45) is 4.33. The Balaban J connectivity index is 1.66. The summed E-state index contributed by atoms with van der Waals surface area (Å²) in [5.74, 6) is 0.729. The second-order valence-corrected chi connectivity index (χ2v) is 10.2. The highest BCUT2D eigenvalue weighted by atomic mass is 35.5. The highest BCUT2D eigenvalue weighted by Gasteiger charge is 2.28. The van der Waals surface area contributed by atoms with E-state index in [2.05, 4.69) is 5.32 Å². The molecule has 1 atom stereocenters. The number of halogens is 2. The molecule has 0 saturated heterocycles. The number of rotatable bonds is 9. The van der Waals surface area contributed by atoms with Crippen molar-refractivity contribution in [1.29, 1.82) is 0 Å². The van der Waals surface area contributed by atoms with E-state index in [1.54, 1.807) is 17.0 Å². The number of nitrogens with zero attached hydrogens (tertiary/aromatic N) is 1. The number of thioether (sulfide) groups is 1. The fourth-order valence-electron chi connectivity index (χ4n) is 3.83. The van der Waals surface area contributed by atoms with Gasteiger partial charge in [-0.25, -0.2) is 0 Å². The Hall–Kier alpha value is -1.69. The minimum atomic E-state index is -0.538. The molecule has 0 heterocycles. The summed E-state index contributed by atoms with van der Waals surface area (Å²) in [6, 6.07) is 13.1. The van der Waals surface area contributed by atoms with Crippen LogP contribution in [0, 0.1) is 6.92 Å². The van der Waals surface area contributed by atoms with Crippen molar-refractivity contribution in [2.75, 3.05) is 5.75 Å². The first kappa shape index (κ1) is 24.9. The lowest BCUT2D eigenvalue weighted by atomic mass is 10.1. The van der Waals surface area contributed by atoms with Crippen LogP contribution in [0.4, 0.5) is 0 Å². The van der Waals surface area contributed by atoms with Gasteiger partial charge in [0.2, 0.25) is 11.8 Å². The predicted molar refractivity (Wildman–Crippen MR) is 134 cm³/mol. The van der Waals surface area contributed by atoms with Gasteiger partial charge in [0.25, 0.3) is 0 Å². The van der Waals surface area contributed by atoms with Crippen molar-refractivity contribution in [2.24, 2.45) is 0 Å². The maximum absolute atomic E-state index is 13.2. The van der Waals surface area contributed by atoms with Crippen molar-refractivity contribution >= 4 is 46.8 Å². The highest BCUT2D eigenvalue weighted by Crippen LogP contribution is 2.25. The highest BCUT2D eigenvalue weighted by molar-refractivity contribution is 7.99. The zero-order valence-corrected chi connectivity index (χ0v) is 20.9. The number of aryl methyl sites for hydroxylation is 1. The second kappa shape index (κ2) is 12.0. The Morgan fingerprint density at radius 1 is 1.12 bits per heavy atom. The fourth-order valence-corrected chi connectivity index (χ4v) is 5.30. The Bertz CT molecular complexity index is 930. The van der Waals surface area contributed by atoms with E-state index in [1.165, 1.54) is 11.8 Å². The van der Waals surface area contributed by atoms with Gasteiger partial charge in [0.15, 0.2) is 0 Å². The SMILES string of the molecule is Cc1ccc(CN(C(=O)CSCc2ccc(Cl)cc2Cl)[C@H](C)C(=O)NC2CCCC2)cc1. The minimum Gasteiger partial charge on any atom is -0.352 e. The van der Waals surface area contributed by atoms with Crippen LogP contribution in [-0.2, 0) is 21.9 Å². The minimum absolute atomic E-state index is 0.0604. The number of benzene rings is 2. The molecule has 0 unspecified atom stereocenters. The van der Waals surface area contributed by atoms with Gasteiger partial charge in [-0.2, -0.15) is 0 Å². The predicted octanol–water partition coefficient (Wildman–Crippen LogP) is 6.01. The molecular formula is C25H30Cl2N2O2S. The van der Waals surface area contributed by atoms with Crippen molar-refractivity contribution in [1.82, 2.24) is 10.2 Å². The van der Waals surface area contributed by atoms with Gasteiger partial charge in [0.1, 0.15) is 6.04 Å². The zero-order chi connectivity index (χ0) is 23.1. The number of amides is 2. The van der Waals surface area contributed by atoms with Crippen LogP contribution in [0.25, 0.3) is 0 Å². The first-order valence-corrected chi connectivity index (χ1v) is 12.9. The van der Waals surface area contributed by atoms with Crippen LogP contribution >= 0.6 is 35.0 Å². The molecule has 0 aliphatic heterocycles. The van der Waals surface area contributed by atoms with Gasteiger partial charge in [-0.3, -0.25) is 9.59 Å². The molecule has 0 spiro atoms. The number of carbonyl (C=O) groups is 2. The van der Waals surface area contributed by atoms with E-state index in [0.29, 0.717) is 22.3 Å². The molecule has 1 aliphatic carbocycles. The van der Waals surface area contributed by atoms with Crippen LogP contribution in [0.5, 0.6) is 0 Å². The molecule has 0 aromatic heterocycles. The molecule has 2 aromatic rings. The molecule has 2 amide bonds. The largest absolute Gasteiger partial charge is 0.352 e. The van der Waals surface area contributed by atoms with Crippen LogP contribution in [-0.4, -0.2) is 34.6 Å². The van der Waals surface area contributed by atoms with Gasteiger partial charge in [0, 0.05) is 28.4 Å². The summed E-state index contributed by atoms with van der Waals surface area (Å²) in [4.78, 5) is 27.8.